The molecule has 0 radical (unpaired) electrons. The highest BCUT2D eigenvalue weighted by molar-refractivity contribution is 9.10. The number of aliphatic hydroxyl groups is 1. The van der Waals surface area contributed by atoms with E-state index in [0.29, 0.717) is 36.2 Å². The Morgan fingerprint density at radius 3 is 2.77 bits per heavy atom. The topological polar surface area (TPSA) is 96.7 Å². The molecule has 1 aromatic heterocycles. The highest BCUT2D eigenvalue weighted by Crippen LogP contribution is 2.31. The Labute approximate surface area is 214 Å². The van der Waals surface area contributed by atoms with Crippen LogP contribution in [0.25, 0.3) is 0 Å². The van der Waals surface area contributed by atoms with Crippen LogP contribution in [-0.4, -0.2) is 49.8 Å². The summed E-state index contributed by atoms with van der Waals surface area (Å²) in [5.74, 6) is 1.47. The van der Waals surface area contributed by atoms with E-state index in [2.05, 4.69) is 26.3 Å². The Hall–Kier alpha value is -2.65. The zero-order valence-corrected chi connectivity index (χ0v) is 21.8. The molecule has 2 aromatic rings. The average molecular weight is 545 g/mol. The van der Waals surface area contributed by atoms with Crippen LogP contribution in [0.2, 0.25) is 0 Å². The maximum Gasteiger partial charge on any atom is 0.251 e. The first-order chi connectivity index (χ1) is 16.7. The molecule has 0 bridgehead atoms. The SMILES string of the molecule is CC(C)(O)Cn1ccc(NC(=O)C(CC2CCCCC2)N2CC(Oc3cccc(Br)c3)=CC2=O)n1. The first-order valence-corrected chi connectivity index (χ1v) is 13.0. The number of rotatable bonds is 9. The van der Waals surface area contributed by atoms with Gasteiger partial charge in [-0.25, -0.2) is 0 Å². The second-order valence-corrected chi connectivity index (χ2v) is 11.0. The molecule has 2 heterocycles. The minimum atomic E-state index is -0.921. The predicted molar refractivity (Wildman–Crippen MR) is 137 cm³/mol. The number of nitrogens with zero attached hydrogens (tertiary/aromatic N) is 3. The number of hydrogen-bond donors (Lipinski definition) is 2. The summed E-state index contributed by atoms with van der Waals surface area (Å²) in [6.07, 6.45) is 9.48. The van der Waals surface area contributed by atoms with E-state index < -0.39 is 11.6 Å². The second kappa shape index (κ2) is 11.0. The van der Waals surface area contributed by atoms with Crippen molar-refractivity contribution in [3.8, 4) is 5.75 Å². The predicted octanol–water partition coefficient (Wildman–Crippen LogP) is 4.50. The van der Waals surface area contributed by atoms with Crippen LogP contribution in [-0.2, 0) is 16.1 Å². The minimum absolute atomic E-state index is 0.224. The Morgan fingerprint density at radius 1 is 1.29 bits per heavy atom. The van der Waals surface area contributed by atoms with Gasteiger partial charge in [-0.3, -0.25) is 14.3 Å². The van der Waals surface area contributed by atoms with Gasteiger partial charge in [0.15, 0.2) is 5.82 Å². The molecule has 2 aliphatic rings. The summed E-state index contributed by atoms with van der Waals surface area (Å²) in [6, 6.07) is 8.52. The summed E-state index contributed by atoms with van der Waals surface area (Å²) in [6.45, 7) is 3.95. The van der Waals surface area contributed by atoms with Gasteiger partial charge in [0.2, 0.25) is 5.91 Å². The first-order valence-electron chi connectivity index (χ1n) is 12.2. The summed E-state index contributed by atoms with van der Waals surface area (Å²) in [5, 5.41) is 17.3. The lowest BCUT2D eigenvalue weighted by Crippen LogP contribution is -2.46. The van der Waals surface area contributed by atoms with Crippen LogP contribution in [0.5, 0.6) is 5.75 Å². The molecule has 2 N–H and O–H groups in total. The van der Waals surface area contributed by atoms with Crippen LogP contribution in [0.4, 0.5) is 5.82 Å². The molecule has 0 spiro atoms. The van der Waals surface area contributed by atoms with Crippen molar-refractivity contribution in [3.05, 3.63) is 52.8 Å². The summed E-state index contributed by atoms with van der Waals surface area (Å²) in [5.41, 5.74) is -0.921. The molecule has 2 amide bonds. The molecule has 1 aliphatic carbocycles. The summed E-state index contributed by atoms with van der Waals surface area (Å²) < 4.78 is 8.42. The number of carbonyl (C=O) groups is 2. The Kier molecular flexibility index (Phi) is 7.96. The molecule has 4 rings (SSSR count). The molecule has 1 atom stereocenters. The highest BCUT2D eigenvalue weighted by Gasteiger charge is 2.36. The smallest absolute Gasteiger partial charge is 0.251 e. The number of benzene rings is 1. The monoisotopic (exact) mass is 544 g/mol. The average Bonchev–Trinajstić information content (AvgIpc) is 3.37. The summed E-state index contributed by atoms with van der Waals surface area (Å²) in [7, 11) is 0. The number of anilines is 1. The van der Waals surface area contributed by atoms with Crippen molar-refractivity contribution in [1.29, 1.82) is 0 Å². The molecule has 1 fully saturated rings. The van der Waals surface area contributed by atoms with Crippen molar-refractivity contribution < 1.29 is 19.4 Å². The van der Waals surface area contributed by atoms with Gasteiger partial charge in [0, 0.05) is 22.8 Å². The van der Waals surface area contributed by atoms with E-state index >= 15 is 0 Å². The Bertz CT molecular complexity index is 1090. The molecular weight excluding hydrogens is 512 g/mol. The van der Waals surface area contributed by atoms with E-state index in [4.69, 9.17) is 4.74 Å². The number of hydrogen-bond acceptors (Lipinski definition) is 5. The number of carbonyl (C=O) groups excluding carboxylic acids is 2. The lowest BCUT2D eigenvalue weighted by atomic mass is 9.84. The van der Waals surface area contributed by atoms with Crippen LogP contribution in [0.15, 0.2) is 52.8 Å². The number of ether oxygens (including phenoxy) is 1. The Morgan fingerprint density at radius 2 is 2.06 bits per heavy atom. The van der Waals surface area contributed by atoms with E-state index in [0.717, 1.165) is 30.2 Å². The molecule has 1 aromatic carbocycles. The van der Waals surface area contributed by atoms with Crippen molar-refractivity contribution >= 4 is 33.6 Å². The van der Waals surface area contributed by atoms with Crippen molar-refractivity contribution in [2.24, 2.45) is 5.92 Å². The number of halogens is 1. The second-order valence-electron chi connectivity index (χ2n) is 10.1. The van der Waals surface area contributed by atoms with E-state index in [1.54, 1.807) is 35.7 Å². The molecule has 1 aliphatic heterocycles. The van der Waals surface area contributed by atoms with Crippen LogP contribution >= 0.6 is 15.9 Å². The van der Waals surface area contributed by atoms with E-state index in [-0.39, 0.29) is 18.4 Å². The van der Waals surface area contributed by atoms with Gasteiger partial charge >= 0.3 is 0 Å². The van der Waals surface area contributed by atoms with Gasteiger partial charge in [0.25, 0.3) is 5.91 Å². The van der Waals surface area contributed by atoms with E-state index in [1.165, 1.54) is 12.5 Å². The van der Waals surface area contributed by atoms with Crippen LogP contribution < -0.4 is 10.1 Å². The van der Waals surface area contributed by atoms with Crippen LogP contribution in [0, 0.1) is 5.92 Å². The number of amides is 2. The fraction of sp³-hybridized carbons (Fsp3) is 0.500. The van der Waals surface area contributed by atoms with Gasteiger partial charge in [0.1, 0.15) is 17.6 Å². The van der Waals surface area contributed by atoms with Gasteiger partial charge in [-0.15, -0.1) is 0 Å². The molecule has 188 valence electrons. The number of nitrogens with one attached hydrogen (secondary N) is 1. The Balaban J connectivity index is 1.47. The standard InChI is InChI=1S/C26H33BrN4O4/c1-26(2,34)17-30-12-11-23(29-30)28-25(33)22(13-18-7-4-3-5-8-18)31-16-21(15-24(31)32)35-20-10-6-9-19(27)14-20/h6,9-12,14-15,18,22,34H,3-5,7-8,13,16-17H2,1-2H3,(H,28,29,33). The van der Waals surface area contributed by atoms with Crippen LogP contribution in [0.1, 0.15) is 52.4 Å². The molecule has 8 nitrogen and oxygen atoms in total. The maximum atomic E-state index is 13.4. The molecule has 0 saturated heterocycles. The van der Waals surface area contributed by atoms with Gasteiger partial charge in [0.05, 0.1) is 18.7 Å². The normalized spacial score (nSPS) is 17.9. The quantitative estimate of drug-likeness (QED) is 0.484. The lowest BCUT2D eigenvalue weighted by molar-refractivity contribution is -0.134. The van der Waals surface area contributed by atoms with Gasteiger partial charge in [-0.05, 0) is 44.4 Å². The van der Waals surface area contributed by atoms with Gasteiger partial charge in [-0.1, -0.05) is 54.1 Å². The zero-order chi connectivity index (χ0) is 25.0. The van der Waals surface area contributed by atoms with Crippen LogP contribution in [0.3, 0.4) is 0 Å². The highest BCUT2D eigenvalue weighted by atomic mass is 79.9. The lowest BCUT2D eigenvalue weighted by Gasteiger charge is -2.31. The molecular formula is C26H33BrN4O4. The van der Waals surface area contributed by atoms with E-state index in [1.807, 2.05) is 24.3 Å². The first kappa shape index (κ1) is 25.4. The van der Waals surface area contributed by atoms with E-state index in [9.17, 15) is 14.7 Å². The third-order valence-electron chi connectivity index (χ3n) is 6.34. The summed E-state index contributed by atoms with van der Waals surface area (Å²) >= 11 is 3.43. The fourth-order valence-electron chi connectivity index (χ4n) is 4.76. The van der Waals surface area contributed by atoms with Gasteiger partial charge in [-0.2, -0.15) is 5.10 Å². The minimum Gasteiger partial charge on any atom is -0.460 e. The molecule has 9 heteroatoms. The molecule has 1 saturated carbocycles. The molecule has 1 unspecified atom stereocenters. The van der Waals surface area contributed by atoms with Crippen molar-refractivity contribution in [2.75, 3.05) is 11.9 Å². The largest absolute Gasteiger partial charge is 0.460 e. The van der Waals surface area contributed by atoms with Crippen molar-refractivity contribution in [3.63, 3.8) is 0 Å². The maximum absolute atomic E-state index is 13.4. The molecule has 35 heavy (non-hydrogen) atoms. The van der Waals surface area contributed by atoms with Crippen molar-refractivity contribution in [2.45, 2.75) is 70.6 Å². The third kappa shape index (κ3) is 7.18. The zero-order valence-electron chi connectivity index (χ0n) is 20.2. The summed E-state index contributed by atoms with van der Waals surface area (Å²) in [4.78, 5) is 28.0. The fourth-order valence-corrected chi connectivity index (χ4v) is 5.13. The number of aromatic nitrogens is 2. The van der Waals surface area contributed by atoms with Crippen molar-refractivity contribution in [1.82, 2.24) is 14.7 Å². The van der Waals surface area contributed by atoms with Gasteiger partial charge < -0.3 is 20.1 Å². The third-order valence-corrected chi connectivity index (χ3v) is 6.83.